The van der Waals surface area contributed by atoms with Crippen molar-refractivity contribution in [3.8, 4) is 0 Å². The highest BCUT2D eigenvalue weighted by molar-refractivity contribution is 5.92. The molecule has 2 rings (SSSR count). The summed E-state index contributed by atoms with van der Waals surface area (Å²) in [6, 6.07) is 4.08. The molecule has 1 heterocycles. The molecule has 122 valence electrons. The van der Waals surface area contributed by atoms with E-state index in [-0.39, 0.29) is 17.6 Å². The van der Waals surface area contributed by atoms with Crippen molar-refractivity contribution in [1.82, 2.24) is 4.98 Å². The lowest BCUT2D eigenvalue weighted by atomic mass is 10.0. The number of aromatic nitrogens is 1. The number of aromatic carboxylic acids is 1. The number of H-pyrrole nitrogens is 1. The van der Waals surface area contributed by atoms with Gasteiger partial charge in [0.1, 0.15) is 11.7 Å². The predicted molar refractivity (Wildman–Crippen MR) is 79.1 cm³/mol. The number of pyridine rings is 1. The summed E-state index contributed by atoms with van der Waals surface area (Å²) >= 11 is 0. The average Bonchev–Trinajstić information content (AvgIpc) is 2.53. The van der Waals surface area contributed by atoms with Crippen LogP contribution in [0.1, 0.15) is 28.9 Å². The third-order valence-corrected chi connectivity index (χ3v) is 3.30. The first-order valence-corrected chi connectivity index (χ1v) is 6.78. The maximum Gasteiger partial charge on any atom is 0.341 e. The molecular weight excluding hydrogens is 306 g/mol. The number of carbonyl (C=O) groups is 2. The summed E-state index contributed by atoms with van der Waals surface area (Å²) in [6.07, 6.45) is -2.34. The van der Waals surface area contributed by atoms with Gasteiger partial charge in [-0.3, -0.25) is 4.79 Å². The number of aliphatic hydroxyl groups excluding tert-OH is 2. The number of rotatable bonds is 5. The minimum atomic E-state index is -1.81. The van der Waals surface area contributed by atoms with Gasteiger partial charge >= 0.3 is 11.9 Å². The first kappa shape index (κ1) is 16.7. The van der Waals surface area contributed by atoms with Crippen molar-refractivity contribution in [2.75, 3.05) is 6.61 Å². The van der Waals surface area contributed by atoms with E-state index in [9.17, 15) is 24.6 Å². The van der Waals surface area contributed by atoms with Crippen LogP contribution in [0, 0.1) is 0 Å². The van der Waals surface area contributed by atoms with Crippen LogP contribution in [0.15, 0.2) is 29.2 Å². The van der Waals surface area contributed by atoms with Crippen LogP contribution in [0.5, 0.6) is 0 Å². The number of esters is 1. The number of aliphatic hydroxyl groups is 2. The SMILES string of the molecule is CCOC(=O)C(O)C(O)c1ccc2[nH]cc(C(=O)O)c(=O)c2c1. The van der Waals surface area contributed by atoms with Gasteiger partial charge in [0.05, 0.1) is 6.61 Å². The quantitative estimate of drug-likeness (QED) is 0.577. The molecule has 0 spiro atoms. The standard InChI is InChI=1S/C15H15NO7/c1-2-23-15(22)13(19)11(17)7-3-4-10-8(5-7)12(18)9(6-16-10)14(20)21/h3-6,11,13,17,19H,2H2,1H3,(H,16,18)(H,20,21). The van der Waals surface area contributed by atoms with Gasteiger partial charge in [0.15, 0.2) is 6.10 Å². The first-order valence-electron chi connectivity index (χ1n) is 6.78. The summed E-state index contributed by atoms with van der Waals surface area (Å²) in [4.78, 5) is 37.2. The number of nitrogens with one attached hydrogen (secondary N) is 1. The molecule has 0 aliphatic heterocycles. The fraction of sp³-hybridized carbons (Fsp3) is 0.267. The molecule has 0 aliphatic carbocycles. The number of aromatic amines is 1. The zero-order valence-corrected chi connectivity index (χ0v) is 12.1. The molecule has 0 saturated heterocycles. The van der Waals surface area contributed by atoms with Crippen LogP contribution in [-0.4, -0.2) is 45.0 Å². The molecule has 2 atom stereocenters. The van der Waals surface area contributed by atoms with Gasteiger partial charge in [-0.2, -0.15) is 0 Å². The van der Waals surface area contributed by atoms with E-state index in [1.54, 1.807) is 6.92 Å². The number of hydrogen-bond acceptors (Lipinski definition) is 6. The molecule has 8 heteroatoms. The Hall–Kier alpha value is -2.71. The van der Waals surface area contributed by atoms with Crippen LogP contribution < -0.4 is 5.43 Å². The van der Waals surface area contributed by atoms with Gasteiger partial charge in [-0.05, 0) is 24.6 Å². The average molecular weight is 321 g/mol. The van der Waals surface area contributed by atoms with Gasteiger partial charge in [-0.1, -0.05) is 6.07 Å². The fourth-order valence-corrected chi connectivity index (χ4v) is 2.12. The first-order chi connectivity index (χ1) is 10.9. The minimum Gasteiger partial charge on any atom is -0.477 e. The van der Waals surface area contributed by atoms with E-state index in [1.165, 1.54) is 18.2 Å². The third kappa shape index (κ3) is 3.22. The maximum absolute atomic E-state index is 12.1. The van der Waals surface area contributed by atoms with Gasteiger partial charge in [-0.15, -0.1) is 0 Å². The molecule has 23 heavy (non-hydrogen) atoms. The fourth-order valence-electron chi connectivity index (χ4n) is 2.12. The topological polar surface area (TPSA) is 137 Å². The Morgan fingerprint density at radius 1 is 1.30 bits per heavy atom. The summed E-state index contributed by atoms with van der Waals surface area (Å²) in [5.74, 6) is -2.38. The number of fused-ring (bicyclic) bond motifs is 1. The second-order valence-corrected chi connectivity index (χ2v) is 4.78. The van der Waals surface area contributed by atoms with E-state index in [4.69, 9.17) is 5.11 Å². The summed E-state index contributed by atoms with van der Waals surface area (Å²) in [6.45, 7) is 1.60. The summed E-state index contributed by atoms with van der Waals surface area (Å²) in [5.41, 5.74) is -0.728. The van der Waals surface area contributed by atoms with E-state index in [0.717, 1.165) is 6.20 Å². The maximum atomic E-state index is 12.1. The molecule has 4 N–H and O–H groups in total. The highest BCUT2D eigenvalue weighted by Gasteiger charge is 2.27. The van der Waals surface area contributed by atoms with Gasteiger partial charge in [0, 0.05) is 17.1 Å². The molecule has 1 aromatic heterocycles. The molecule has 0 aliphatic rings. The lowest BCUT2D eigenvalue weighted by Crippen LogP contribution is -2.30. The second kappa shape index (κ2) is 6.59. The number of benzene rings is 1. The van der Waals surface area contributed by atoms with Gasteiger partial charge in [0.2, 0.25) is 5.43 Å². The monoisotopic (exact) mass is 321 g/mol. The minimum absolute atomic E-state index is 0.0255. The molecule has 0 bridgehead atoms. The van der Waals surface area contributed by atoms with E-state index in [1.807, 2.05) is 0 Å². The molecule has 0 fully saturated rings. The summed E-state index contributed by atoms with van der Waals surface area (Å²) < 4.78 is 4.61. The number of carbonyl (C=O) groups excluding carboxylic acids is 1. The molecule has 0 amide bonds. The summed E-state index contributed by atoms with van der Waals surface area (Å²) in [7, 11) is 0. The van der Waals surface area contributed by atoms with Crippen LogP contribution in [0.4, 0.5) is 0 Å². The Morgan fingerprint density at radius 2 is 2.00 bits per heavy atom. The highest BCUT2D eigenvalue weighted by Crippen LogP contribution is 2.21. The lowest BCUT2D eigenvalue weighted by Gasteiger charge is -2.17. The summed E-state index contributed by atoms with van der Waals surface area (Å²) in [5, 5.41) is 28.8. The Bertz CT molecular complexity index is 811. The lowest BCUT2D eigenvalue weighted by molar-refractivity contribution is -0.159. The third-order valence-electron chi connectivity index (χ3n) is 3.30. The normalized spacial score (nSPS) is 13.5. The second-order valence-electron chi connectivity index (χ2n) is 4.78. The van der Waals surface area contributed by atoms with Gasteiger partial charge in [0.25, 0.3) is 0 Å². The number of carboxylic acid groups (broad SMARTS) is 1. The van der Waals surface area contributed by atoms with Crippen LogP contribution in [0.3, 0.4) is 0 Å². The van der Waals surface area contributed by atoms with Crippen LogP contribution in [0.2, 0.25) is 0 Å². The van der Waals surface area contributed by atoms with Crippen molar-refractivity contribution in [1.29, 1.82) is 0 Å². The molecule has 8 nitrogen and oxygen atoms in total. The van der Waals surface area contributed by atoms with Gasteiger partial charge in [-0.25, -0.2) is 9.59 Å². The van der Waals surface area contributed by atoms with Crippen LogP contribution in [-0.2, 0) is 9.53 Å². The number of carboxylic acids is 1. The Balaban J connectivity index is 2.47. The van der Waals surface area contributed by atoms with E-state index < -0.39 is 35.1 Å². The highest BCUT2D eigenvalue weighted by atomic mass is 16.5. The molecule has 1 aromatic carbocycles. The zero-order valence-electron chi connectivity index (χ0n) is 12.1. The molecule has 2 unspecified atom stereocenters. The predicted octanol–water partition coefficient (Wildman–Crippen LogP) is 0.184. The number of ether oxygens (including phenoxy) is 1. The van der Waals surface area contributed by atoms with Crippen molar-refractivity contribution in [2.45, 2.75) is 19.1 Å². The van der Waals surface area contributed by atoms with Crippen molar-refractivity contribution >= 4 is 22.8 Å². The smallest absolute Gasteiger partial charge is 0.341 e. The Kier molecular flexibility index (Phi) is 4.77. The largest absolute Gasteiger partial charge is 0.477 e. The van der Waals surface area contributed by atoms with Crippen LogP contribution >= 0.6 is 0 Å². The van der Waals surface area contributed by atoms with E-state index in [2.05, 4.69) is 9.72 Å². The van der Waals surface area contributed by atoms with Crippen molar-refractivity contribution in [3.05, 3.63) is 45.7 Å². The van der Waals surface area contributed by atoms with E-state index >= 15 is 0 Å². The molecule has 2 aromatic rings. The van der Waals surface area contributed by atoms with Gasteiger partial charge < -0.3 is 25.0 Å². The van der Waals surface area contributed by atoms with Crippen molar-refractivity contribution < 1.29 is 29.6 Å². The zero-order chi connectivity index (χ0) is 17.1. The molecular formula is C15H15NO7. The van der Waals surface area contributed by atoms with Crippen LogP contribution in [0.25, 0.3) is 10.9 Å². The Labute approximate surface area is 130 Å². The molecule has 0 saturated carbocycles. The van der Waals surface area contributed by atoms with Crippen molar-refractivity contribution in [3.63, 3.8) is 0 Å². The number of hydrogen-bond donors (Lipinski definition) is 4. The Morgan fingerprint density at radius 3 is 2.61 bits per heavy atom. The molecule has 0 radical (unpaired) electrons. The van der Waals surface area contributed by atoms with E-state index in [0.29, 0.717) is 5.52 Å². The van der Waals surface area contributed by atoms with Crippen molar-refractivity contribution in [2.24, 2.45) is 0 Å².